The highest BCUT2D eigenvalue weighted by atomic mass is 16.5. The molecular formula is C21H27N5O3. The zero-order valence-electron chi connectivity index (χ0n) is 16.6. The van der Waals surface area contributed by atoms with Gasteiger partial charge in [0.1, 0.15) is 12.6 Å². The summed E-state index contributed by atoms with van der Waals surface area (Å²) in [6.45, 7) is 1.72. The molecule has 2 aromatic rings. The standard InChI is InChI=1S/C21H27N5O3/c1-29-13-17(27)26-10-7-16-19(24-14-23-16)21(26)8-11-25(12-9-21)20(28)18(22)15-5-3-2-4-6-15/h2-6,14,18H,7-13,22H2,1H3,(H,23,24)/t18-/m0/s1. The third-order valence-corrected chi connectivity index (χ3v) is 6.16. The Kier molecular flexibility index (Phi) is 5.38. The van der Waals surface area contributed by atoms with Gasteiger partial charge >= 0.3 is 0 Å². The lowest BCUT2D eigenvalue weighted by Gasteiger charge is -2.50. The summed E-state index contributed by atoms with van der Waals surface area (Å²) in [5.74, 6) is -0.124. The number of aromatic nitrogens is 2. The Morgan fingerprint density at radius 2 is 1.97 bits per heavy atom. The van der Waals surface area contributed by atoms with Gasteiger partial charge < -0.3 is 25.3 Å². The van der Waals surface area contributed by atoms with Crippen LogP contribution >= 0.6 is 0 Å². The van der Waals surface area contributed by atoms with E-state index in [1.165, 1.54) is 7.11 Å². The van der Waals surface area contributed by atoms with E-state index in [-0.39, 0.29) is 18.4 Å². The van der Waals surface area contributed by atoms with Gasteiger partial charge in [-0.3, -0.25) is 9.59 Å². The molecule has 1 aromatic carbocycles. The molecule has 0 unspecified atom stereocenters. The molecule has 0 aliphatic carbocycles. The van der Waals surface area contributed by atoms with Crippen LogP contribution in [0.15, 0.2) is 36.7 Å². The van der Waals surface area contributed by atoms with Crippen LogP contribution < -0.4 is 5.73 Å². The predicted octanol–water partition coefficient (Wildman–Crippen LogP) is 0.959. The quantitative estimate of drug-likeness (QED) is 0.800. The number of imidazole rings is 1. The van der Waals surface area contributed by atoms with Crippen molar-refractivity contribution in [2.75, 3.05) is 33.4 Å². The van der Waals surface area contributed by atoms with E-state index in [0.29, 0.717) is 32.5 Å². The van der Waals surface area contributed by atoms with Crippen LogP contribution in [-0.2, 0) is 26.3 Å². The molecular weight excluding hydrogens is 370 g/mol. The fourth-order valence-electron chi connectivity index (χ4n) is 4.65. The Labute approximate surface area is 170 Å². The Balaban J connectivity index is 1.54. The predicted molar refractivity (Wildman–Crippen MR) is 107 cm³/mol. The lowest BCUT2D eigenvalue weighted by Crippen LogP contribution is -2.60. The fraction of sp³-hybridized carbons (Fsp3) is 0.476. The summed E-state index contributed by atoms with van der Waals surface area (Å²) in [5.41, 5.74) is 8.53. The summed E-state index contributed by atoms with van der Waals surface area (Å²) in [4.78, 5) is 37.2. The number of nitrogens with zero attached hydrogens (tertiary/aromatic N) is 3. The Bertz CT molecular complexity index is 873. The topological polar surface area (TPSA) is 105 Å². The number of benzene rings is 1. The highest BCUT2D eigenvalue weighted by Gasteiger charge is 2.49. The maximum Gasteiger partial charge on any atom is 0.249 e. The van der Waals surface area contributed by atoms with Crippen LogP contribution in [0.2, 0.25) is 0 Å². The van der Waals surface area contributed by atoms with Crippen LogP contribution in [0.25, 0.3) is 0 Å². The first-order chi connectivity index (χ1) is 14.1. The summed E-state index contributed by atoms with van der Waals surface area (Å²) >= 11 is 0. The van der Waals surface area contributed by atoms with E-state index in [2.05, 4.69) is 9.97 Å². The molecule has 2 aliphatic heterocycles. The van der Waals surface area contributed by atoms with Gasteiger partial charge in [-0.15, -0.1) is 0 Å². The van der Waals surface area contributed by atoms with Gasteiger partial charge in [0.05, 0.1) is 17.6 Å². The van der Waals surface area contributed by atoms with E-state index >= 15 is 0 Å². The third kappa shape index (κ3) is 3.42. The van der Waals surface area contributed by atoms with Crippen molar-refractivity contribution in [3.63, 3.8) is 0 Å². The van der Waals surface area contributed by atoms with Crippen LogP contribution in [0.1, 0.15) is 35.8 Å². The molecule has 154 valence electrons. The molecule has 2 aliphatic rings. The lowest BCUT2D eigenvalue weighted by molar-refractivity contribution is -0.148. The van der Waals surface area contributed by atoms with Gasteiger partial charge in [-0.1, -0.05) is 30.3 Å². The molecule has 1 saturated heterocycles. The minimum Gasteiger partial charge on any atom is -0.375 e. The molecule has 4 rings (SSSR count). The zero-order valence-corrected chi connectivity index (χ0v) is 16.6. The summed E-state index contributed by atoms with van der Waals surface area (Å²) in [6.07, 6.45) is 3.70. The number of hydrogen-bond acceptors (Lipinski definition) is 5. The number of nitrogens with one attached hydrogen (secondary N) is 1. The number of likely N-dealkylation sites (tertiary alicyclic amines) is 1. The molecule has 0 bridgehead atoms. The third-order valence-electron chi connectivity index (χ3n) is 6.16. The second-order valence-electron chi connectivity index (χ2n) is 7.70. The summed E-state index contributed by atoms with van der Waals surface area (Å²) < 4.78 is 5.10. The maximum absolute atomic E-state index is 13.0. The van der Waals surface area contributed by atoms with E-state index in [9.17, 15) is 9.59 Å². The lowest BCUT2D eigenvalue weighted by atomic mass is 9.78. The van der Waals surface area contributed by atoms with Gasteiger partial charge in [0.25, 0.3) is 0 Å². The minimum absolute atomic E-state index is 0.0399. The van der Waals surface area contributed by atoms with Crippen LogP contribution in [0, 0.1) is 0 Å². The molecule has 0 radical (unpaired) electrons. The summed E-state index contributed by atoms with van der Waals surface area (Å²) in [5, 5.41) is 0. The van der Waals surface area contributed by atoms with E-state index in [1.54, 1.807) is 6.33 Å². The normalized spacial score (nSPS) is 19.1. The summed E-state index contributed by atoms with van der Waals surface area (Å²) in [6, 6.07) is 8.74. The fourth-order valence-corrected chi connectivity index (χ4v) is 4.65. The van der Waals surface area contributed by atoms with Crippen LogP contribution in [0.3, 0.4) is 0 Å². The van der Waals surface area contributed by atoms with Gasteiger partial charge in [0, 0.05) is 38.9 Å². The number of nitrogens with two attached hydrogens (primary N) is 1. The van der Waals surface area contributed by atoms with E-state index in [0.717, 1.165) is 23.4 Å². The van der Waals surface area contributed by atoms with Gasteiger partial charge in [0.2, 0.25) is 11.8 Å². The van der Waals surface area contributed by atoms with Crippen LogP contribution in [0.4, 0.5) is 0 Å². The van der Waals surface area contributed by atoms with Crippen molar-refractivity contribution in [1.29, 1.82) is 0 Å². The number of ether oxygens (including phenoxy) is 1. The van der Waals surface area contributed by atoms with Gasteiger partial charge in [0.15, 0.2) is 0 Å². The number of methoxy groups -OCH3 is 1. The first-order valence-corrected chi connectivity index (χ1v) is 9.98. The monoisotopic (exact) mass is 397 g/mol. The van der Waals surface area contributed by atoms with Crippen molar-refractivity contribution in [3.05, 3.63) is 53.6 Å². The average Bonchev–Trinajstić information content (AvgIpc) is 3.24. The van der Waals surface area contributed by atoms with Crippen molar-refractivity contribution < 1.29 is 14.3 Å². The van der Waals surface area contributed by atoms with Crippen LogP contribution in [0.5, 0.6) is 0 Å². The molecule has 1 spiro atoms. The molecule has 3 N–H and O–H groups in total. The molecule has 1 aromatic heterocycles. The smallest absolute Gasteiger partial charge is 0.249 e. The highest BCUT2D eigenvalue weighted by Crippen LogP contribution is 2.42. The SMILES string of the molecule is COCC(=O)N1CCc2[nH]cnc2C12CCN(C(=O)[C@@H](N)c1ccccc1)CC2. The second kappa shape index (κ2) is 7.96. The largest absolute Gasteiger partial charge is 0.375 e. The van der Waals surface area contributed by atoms with Crippen molar-refractivity contribution in [2.24, 2.45) is 5.73 Å². The number of carbonyl (C=O) groups excluding carboxylic acids is 2. The van der Waals surface area contributed by atoms with Gasteiger partial charge in [-0.25, -0.2) is 4.98 Å². The van der Waals surface area contributed by atoms with E-state index in [1.807, 2.05) is 40.1 Å². The molecule has 3 heterocycles. The zero-order chi connectivity index (χ0) is 20.4. The van der Waals surface area contributed by atoms with Crippen LogP contribution in [-0.4, -0.2) is 64.9 Å². The number of carbonyl (C=O) groups is 2. The number of amides is 2. The van der Waals surface area contributed by atoms with Crippen molar-refractivity contribution in [2.45, 2.75) is 30.8 Å². The maximum atomic E-state index is 13.0. The molecule has 2 amide bonds. The van der Waals surface area contributed by atoms with E-state index < -0.39 is 11.6 Å². The first kappa shape index (κ1) is 19.6. The number of rotatable bonds is 4. The van der Waals surface area contributed by atoms with Crippen molar-refractivity contribution in [3.8, 4) is 0 Å². The van der Waals surface area contributed by atoms with Gasteiger partial charge in [-0.05, 0) is 18.4 Å². The van der Waals surface area contributed by atoms with E-state index in [4.69, 9.17) is 10.5 Å². The highest BCUT2D eigenvalue weighted by molar-refractivity contribution is 5.83. The second-order valence-corrected chi connectivity index (χ2v) is 7.70. The molecule has 29 heavy (non-hydrogen) atoms. The Hall–Kier alpha value is -2.71. The van der Waals surface area contributed by atoms with Crippen molar-refractivity contribution >= 4 is 11.8 Å². The number of fused-ring (bicyclic) bond motifs is 2. The molecule has 0 saturated carbocycles. The molecule has 1 fully saturated rings. The molecule has 8 heteroatoms. The molecule has 8 nitrogen and oxygen atoms in total. The summed E-state index contributed by atoms with van der Waals surface area (Å²) in [7, 11) is 1.53. The number of piperidine rings is 1. The average molecular weight is 397 g/mol. The number of hydrogen-bond donors (Lipinski definition) is 2. The Morgan fingerprint density at radius 1 is 1.24 bits per heavy atom. The number of aromatic amines is 1. The minimum atomic E-state index is -0.677. The van der Waals surface area contributed by atoms with Gasteiger partial charge in [-0.2, -0.15) is 0 Å². The first-order valence-electron chi connectivity index (χ1n) is 9.98. The van der Waals surface area contributed by atoms with Crippen molar-refractivity contribution in [1.82, 2.24) is 19.8 Å². The molecule has 1 atom stereocenters. The Morgan fingerprint density at radius 3 is 2.66 bits per heavy atom. The number of H-pyrrole nitrogens is 1.